The second-order valence-electron chi connectivity index (χ2n) is 7.87. The number of alkyl halides is 1. The third-order valence-electron chi connectivity index (χ3n) is 4.34. The number of amides is 1. The topological polar surface area (TPSA) is 59.1 Å². The first-order chi connectivity index (χ1) is 12.7. The van der Waals surface area contributed by atoms with Gasteiger partial charge in [0.1, 0.15) is 18.9 Å². The molecule has 6 nitrogen and oxygen atoms in total. The van der Waals surface area contributed by atoms with E-state index in [9.17, 15) is 14.0 Å². The minimum Gasteiger partial charge on any atom is -0.460 e. The van der Waals surface area contributed by atoms with Crippen LogP contribution in [0.5, 0.6) is 0 Å². The minimum absolute atomic E-state index is 0.00603. The number of benzene rings is 1. The Morgan fingerprint density at radius 3 is 2.44 bits per heavy atom. The summed E-state index contributed by atoms with van der Waals surface area (Å²) in [4.78, 5) is 27.8. The van der Waals surface area contributed by atoms with Crippen LogP contribution in [0.2, 0.25) is 0 Å². The molecule has 0 saturated carbocycles. The molecule has 1 heterocycles. The van der Waals surface area contributed by atoms with Crippen LogP contribution in [-0.2, 0) is 20.9 Å². The van der Waals surface area contributed by atoms with E-state index < -0.39 is 30.4 Å². The molecule has 1 aromatic carbocycles. The normalized spacial score (nSPS) is 21.0. The second-order valence-corrected chi connectivity index (χ2v) is 7.87. The lowest BCUT2D eigenvalue weighted by Gasteiger charge is -2.44. The number of halogens is 1. The van der Waals surface area contributed by atoms with Gasteiger partial charge in [-0.05, 0) is 33.3 Å². The van der Waals surface area contributed by atoms with Gasteiger partial charge in [-0.2, -0.15) is 0 Å². The smallest absolute Gasteiger partial charge is 0.410 e. The number of carbonyl (C=O) groups excluding carboxylic acids is 2. The molecule has 150 valence electrons. The summed E-state index contributed by atoms with van der Waals surface area (Å²) in [6, 6.07) is 8.64. The monoisotopic (exact) mass is 380 g/mol. The van der Waals surface area contributed by atoms with Crippen LogP contribution in [0.3, 0.4) is 0 Å². The van der Waals surface area contributed by atoms with Gasteiger partial charge in [-0.1, -0.05) is 30.3 Å². The number of esters is 1. The van der Waals surface area contributed by atoms with Crippen molar-refractivity contribution in [3.63, 3.8) is 0 Å². The summed E-state index contributed by atoms with van der Waals surface area (Å²) in [5, 5.41) is 0. The van der Waals surface area contributed by atoms with Crippen LogP contribution < -0.4 is 0 Å². The van der Waals surface area contributed by atoms with Crippen LogP contribution in [0.15, 0.2) is 30.3 Å². The van der Waals surface area contributed by atoms with Crippen molar-refractivity contribution in [3.05, 3.63) is 35.9 Å². The fourth-order valence-corrected chi connectivity index (χ4v) is 2.97. The Balaban J connectivity index is 1.90. The van der Waals surface area contributed by atoms with E-state index in [1.165, 1.54) is 4.90 Å². The standard InChI is InChI=1S/C20H29FN2O4/c1-15-11-22(13-18(24)26-14-16-8-6-5-7-9-16)17(10-21)12-23(15)19(25)27-20(2,3)4/h5-9,15,17H,10-14H2,1-4H3/t15-,17+/m1/s1. The van der Waals surface area contributed by atoms with E-state index in [0.29, 0.717) is 6.54 Å². The maximum atomic E-state index is 13.6. The van der Waals surface area contributed by atoms with Gasteiger partial charge in [0, 0.05) is 19.1 Å². The molecule has 0 spiro atoms. The van der Waals surface area contributed by atoms with Crippen molar-refractivity contribution < 1.29 is 23.5 Å². The Kier molecular flexibility index (Phi) is 7.18. The zero-order valence-corrected chi connectivity index (χ0v) is 16.5. The van der Waals surface area contributed by atoms with Crippen LogP contribution in [0.25, 0.3) is 0 Å². The lowest BCUT2D eigenvalue weighted by molar-refractivity contribution is -0.148. The van der Waals surface area contributed by atoms with E-state index in [2.05, 4.69) is 0 Å². The SMILES string of the molecule is C[C@@H]1CN(CC(=O)OCc2ccccc2)[C@@H](CF)CN1C(=O)OC(C)(C)C. The number of hydrogen-bond donors (Lipinski definition) is 0. The van der Waals surface area contributed by atoms with Crippen molar-refractivity contribution in [3.8, 4) is 0 Å². The van der Waals surface area contributed by atoms with Gasteiger partial charge in [0.05, 0.1) is 12.6 Å². The molecule has 0 N–H and O–H groups in total. The van der Waals surface area contributed by atoms with E-state index in [-0.39, 0.29) is 25.7 Å². The molecule has 1 saturated heterocycles. The molecule has 1 amide bonds. The van der Waals surface area contributed by atoms with Gasteiger partial charge < -0.3 is 14.4 Å². The van der Waals surface area contributed by atoms with Crippen LogP contribution in [-0.4, -0.2) is 65.9 Å². The Bertz CT molecular complexity index is 633. The summed E-state index contributed by atoms with van der Waals surface area (Å²) in [6.45, 7) is 7.33. The number of rotatable bonds is 5. The summed E-state index contributed by atoms with van der Waals surface area (Å²) in [6.07, 6.45) is -0.459. The van der Waals surface area contributed by atoms with Crippen molar-refractivity contribution in [2.45, 2.75) is 52.0 Å². The lowest BCUT2D eigenvalue weighted by atomic mass is 10.1. The Morgan fingerprint density at radius 2 is 1.85 bits per heavy atom. The van der Waals surface area contributed by atoms with Crippen molar-refractivity contribution in [1.29, 1.82) is 0 Å². The lowest BCUT2D eigenvalue weighted by Crippen LogP contribution is -2.61. The predicted molar refractivity (Wildman–Crippen MR) is 100.0 cm³/mol. The van der Waals surface area contributed by atoms with Crippen LogP contribution in [0.4, 0.5) is 9.18 Å². The zero-order chi connectivity index (χ0) is 20.0. The van der Waals surface area contributed by atoms with E-state index in [1.54, 1.807) is 25.7 Å². The van der Waals surface area contributed by atoms with Crippen molar-refractivity contribution in [2.24, 2.45) is 0 Å². The third-order valence-corrected chi connectivity index (χ3v) is 4.34. The first-order valence-corrected chi connectivity index (χ1v) is 9.19. The van der Waals surface area contributed by atoms with Gasteiger partial charge in [-0.25, -0.2) is 9.18 Å². The predicted octanol–water partition coefficient (Wildman–Crippen LogP) is 3.01. The molecule has 0 aliphatic carbocycles. The number of piperazine rings is 1. The number of nitrogens with zero attached hydrogens (tertiary/aromatic N) is 2. The second kappa shape index (κ2) is 9.17. The molecule has 2 atom stereocenters. The molecule has 0 radical (unpaired) electrons. The summed E-state index contributed by atoms with van der Waals surface area (Å²) in [5.74, 6) is -0.407. The average Bonchev–Trinajstić information content (AvgIpc) is 2.59. The van der Waals surface area contributed by atoms with Crippen molar-refractivity contribution in [1.82, 2.24) is 9.80 Å². The molecule has 0 aromatic heterocycles. The molecule has 1 aliphatic heterocycles. The molecule has 2 rings (SSSR count). The zero-order valence-electron chi connectivity index (χ0n) is 16.5. The summed E-state index contributed by atoms with van der Waals surface area (Å²) in [7, 11) is 0. The highest BCUT2D eigenvalue weighted by Gasteiger charge is 2.37. The Morgan fingerprint density at radius 1 is 1.19 bits per heavy atom. The quantitative estimate of drug-likeness (QED) is 0.735. The molecular weight excluding hydrogens is 351 g/mol. The third kappa shape index (κ3) is 6.50. The van der Waals surface area contributed by atoms with E-state index in [1.807, 2.05) is 37.3 Å². The largest absolute Gasteiger partial charge is 0.460 e. The average molecular weight is 380 g/mol. The van der Waals surface area contributed by atoms with Crippen LogP contribution in [0.1, 0.15) is 33.3 Å². The van der Waals surface area contributed by atoms with Gasteiger partial charge in [0.2, 0.25) is 0 Å². The Hall–Kier alpha value is -2.15. The molecule has 1 fully saturated rings. The van der Waals surface area contributed by atoms with Gasteiger partial charge in [-0.15, -0.1) is 0 Å². The summed E-state index contributed by atoms with van der Waals surface area (Å²) < 4.78 is 24.2. The van der Waals surface area contributed by atoms with Crippen molar-refractivity contribution >= 4 is 12.1 Å². The summed E-state index contributed by atoms with van der Waals surface area (Å²) in [5.41, 5.74) is 0.288. The summed E-state index contributed by atoms with van der Waals surface area (Å²) >= 11 is 0. The van der Waals surface area contributed by atoms with Gasteiger partial charge >= 0.3 is 12.1 Å². The highest BCUT2D eigenvalue weighted by Crippen LogP contribution is 2.19. The van der Waals surface area contributed by atoms with Gasteiger partial charge in [0.15, 0.2) is 0 Å². The fraction of sp³-hybridized carbons (Fsp3) is 0.600. The van der Waals surface area contributed by atoms with E-state index >= 15 is 0 Å². The Labute approximate surface area is 160 Å². The number of hydrogen-bond acceptors (Lipinski definition) is 5. The minimum atomic E-state index is -0.655. The maximum absolute atomic E-state index is 13.6. The first kappa shape index (κ1) is 21.2. The van der Waals surface area contributed by atoms with Crippen LogP contribution >= 0.6 is 0 Å². The number of ether oxygens (including phenoxy) is 2. The van der Waals surface area contributed by atoms with E-state index in [4.69, 9.17) is 9.47 Å². The van der Waals surface area contributed by atoms with E-state index in [0.717, 1.165) is 5.56 Å². The highest BCUT2D eigenvalue weighted by atomic mass is 19.1. The molecule has 0 unspecified atom stereocenters. The molecule has 1 aliphatic rings. The molecule has 0 bridgehead atoms. The van der Waals surface area contributed by atoms with Gasteiger partial charge in [-0.3, -0.25) is 9.69 Å². The first-order valence-electron chi connectivity index (χ1n) is 9.19. The molecular formula is C20H29FN2O4. The molecule has 7 heteroatoms. The van der Waals surface area contributed by atoms with Gasteiger partial charge in [0.25, 0.3) is 0 Å². The molecule has 27 heavy (non-hydrogen) atoms. The maximum Gasteiger partial charge on any atom is 0.410 e. The highest BCUT2D eigenvalue weighted by molar-refractivity contribution is 5.72. The van der Waals surface area contributed by atoms with Crippen LogP contribution in [0, 0.1) is 0 Å². The fourth-order valence-electron chi connectivity index (χ4n) is 2.97. The van der Waals surface area contributed by atoms with Crippen molar-refractivity contribution in [2.75, 3.05) is 26.3 Å². The molecule has 1 aromatic rings. The number of carbonyl (C=O) groups is 2.